The lowest BCUT2D eigenvalue weighted by Crippen LogP contribution is -2.17. The van der Waals surface area contributed by atoms with E-state index in [9.17, 15) is 10.1 Å². The lowest BCUT2D eigenvalue weighted by molar-refractivity contribution is -0.384. The van der Waals surface area contributed by atoms with E-state index in [-0.39, 0.29) is 5.69 Å². The summed E-state index contributed by atoms with van der Waals surface area (Å²) < 4.78 is 2.99. The number of non-ortho nitro benzene ring substituents is 1. The molecule has 9 nitrogen and oxygen atoms in total. The van der Waals surface area contributed by atoms with E-state index >= 15 is 0 Å². The van der Waals surface area contributed by atoms with Gasteiger partial charge < -0.3 is 5.84 Å². The summed E-state index contributed by atoms with van der Waals surface area (Å²) in [6, 6.07) is 8.39. The Bertz CT molecular complexity index is 902. The van der Waals surface area contributed by atoms with Gasteiger partial charge in [-0.1, -0.05) is 23.9 Å². The topological polar surface area (TPSA) is 118 Å². The minimum atomic E-state index is -0.416. The number of nitro benzene ring substituents is 1. The van der Waals surface area contributed by atoms with Gasteiger partial charge in [-0.05, 0) is 25.5 Å². The molecule has 0 saturated heterocycles. The molecule has 3 aromatic rings. The van der Waals surface area contributed by atoms with E-state index in [1.807, 2.05) is 26.0 Å². The zero-order valence-corrected chi connectivity index (χ0v) is 13.9. The average Bonchev–Trinajstić information content (AvgIpc) is 3.07. The van der Waals surface area contributed by atoms with Gasteiger partial charge in [0.1, 0.15) is 0 Å². The van der Waals surface area contributed by atoms with E-state index < -0.39 is 4.92 Å². The number of nitro groups is 1. The van der Waals surface area contributed by atoms with Gasteiger partial charge in [-0.3, -0.25) is 10.1 Å². The first-order chi connectivity index (χ1) is 11.5. The maximum absolute atomic E-state index is 10.8. The smallest absolute Gasteiger partial charge is 0.271 e. The molecule has 0 saturated carbocycles. The Morgan fingerprint density at radius 3 is 2.75 bits per heavy atom. The Labute approximate surface area is 141 Å². The first-order valence-electron chi connectivity index (χ1n) is 7.06. The standard InChI is InChI=1S/C14H15N7O2S/c1-9-6-10(2)20(18-9)13-16-17-14(19(13)15)24-8-11-4-3-5-12(7-11)21(22)23/h3-7H,8,15H2,1-2H3. The summed E-state index contributed by atoms with van der Waals surface area (Å²) in [7, 11) is 0. The maximum atomic E-state index is 10.8. The molecule has 3 rings (SSSR count). The Hall–Kier alpha value is -2.88. The first-order valence-corrected chi connectivity index (χ1v) is 8.04. The fourth-order valence-electron chi connectivity index (χ4n) is 2.25. The van der Waals surface area contributed by atoms with E-state index in [1.165, 1.54) is 28.6 Å². The molecule has 0 radical (unpaired) electrons. The quantitative estimate of drug-likeness (QED) is 0.325. The number of rotatable bonds is 5. The fourth-order valence-corrected chi connectivity index (χ4v) is 3.05. The Morgan fingerprint density at radius 2 is 2.08 bits per heavy atom. The highest BCUT2D eigenvalue weighted by atomic mass is 32.2. The van der Waals surface area contributed by atoms with Crippen molar-refractivity contribution >= 4 is 17.4 Å². The van der Waals surface area contributed by atoms with Gasteiger partial charge >= 0.3 is 0 Å². The van der Waals surface area contributed by atoms with Crippen LogP contribution in [0.3, 0.4) is 0 Å². The zero-order chi connectivity index (χ0) is 17.3. The highest BCUT2D eigenvalue weighted by Crippen LogP contribution is 2.23. The third kappa shape index (κ3) is 3.08. The van der Waals surface area contributed by atoms with E-state index in [0.717, 1.165) is 17.0 Å². The van der Waals surface area contributed by atoms with Gasteiger partial charge in [0, 0.05) is 23.6 Å². The Balaban J connectivity index is 1.79. The van der Waals surface area contributed by atoms with Crippen molar-refractivity contribution in [1.82, 2.24) is 24.7 Å². The van der Waals surface area contributed by atoms with E-state index in [1.54, 1.807) is 10.7 Å². The number of aromatic nitrogens is 5. The number of aryl methyl sites for hydroxylation is 2. The summed E-state index contributed by atoms with van der Waals surface area (Å²) in [6.07, 6.45) is 0. The van der Waals surface area contributed by atoms with Crippen LogP contribution >= 0.6 is 11.8 Å². The van der Waals surface area contributed by atoms with Crippen molar-refractivity contribution in [3.05, 3.63) is 57.4 Å². The monoisotopic (exact) mass is 345 g/mol. The molecule has 0 bridgehead atoms. The Morgan fingerprint density at radius 1 is 1.29 bits per heavy atom. The first kappa shape index (κ1) is 16.0. The van der Waals surface area contributed by atoms with Crippen LogP contribution in [0.4, 0.5) is 5.69 Å². The van der Waals surface area contributed by atoms with Crippen molar-refractivity contribution in [2.24, 2.45) is 0 Å². The van der Waals surface area contributed by atoms with Crippen LogP contribution in [0.5, 0.6) is 0 Å². The van der Waals surface area contributed by atoms with Gasteiger partial charge in [0.05, 0.1) is 10.6 Å². The summed E-state index contributed by atoms with van der Waals surface area (Å²) in [5.74, 6) is 6.97. The SMILES string of the molecule is Cc1cc(C)n(-c2nnc(SCc3cccc([N+](=O)[O-])c3)n2N)n1. The van der Waals surface area contributed by atoms with Crippen LogP contribution in [0.2, 0.25) is 0 Å². The number of hydrogen-bond donors (Lipinski definition) is 1. The summed E-state index contributed by atoms with van der Waals surface area (Å²) in [6.45, 7) is 3.79. The molecule has 0 unspecified atom stereocenters. The third-order valence-corrected chi connectivity index (χ3v) is 4.35. The number of hydrogen-bond acceptors (Lipinski definition) is 7. The molecule has 124 valence electrons. The number of benzene rings is 1. The molecule has 2 heterocycles. The minimum Gasteiger partial charge on any atom is -0.334 e. The molecule has 1 aromatic carbocycles. The molecule has 2 N–H and O–H groups in total. The second kappa shape index (κ2) is 6.32. The van der Waals surface area contributed by atoms with Crippen LogP contribution in [0.25, 0.3) is 5.95 Å². The van der Waals surface area contributed by atoms with Crippen molar-refractivity contribution < 1.29 is 4.92 Å². The maximum Gasteiger partial charge on any atom is 0.271 e. The van der Waals surface area contributed by atoms with Gasteiger partial charge in [0.15, 0.2) is 0 Å². The number of thioether (sulfide) groups is 1. The summed E-state index contributed by atoms with van der Waals surface area (Å²) in [5.41, 5.74) is 2.64. The molecule has 0 spiro atoms. The number of nitrogens with two attached hydrogens (primary N) is 1. The van der Waals surface area contributed by atoms with Crippen LogP contribution in [0.1, 0.15) is 17.0 Å². The van der Waals surface area contributed by atoms with Gasteiger partial charge in [-0.15, -0.1) is 10.2 Å². The molecule has 0 aliphatic carbocycles. The molecule has 0 amide bonds. The van der Waals surface area contributed by atoms with Gasteiger partial charge in [-0.2, -0.15) is 5.10 Å². The van der Waals surface area contributed by atoms with Crippen molar-refractivity contribution in [3.63, 3.8) is 0 Å². The lowest BCUT2D eigenvalue weighted by atomic mass is 10.2. The molecule has 0 aliphatic heterocycles. The van der Waals surface area contributed by atoms with Crippen LogP contribution in [0, 0.1) is 24.0 Å². The molecule has 10 heteroatoms. The molecule has 0 fully saturated rings. The average molecular weight is 345 g/mol. The molecule has 0 aliphatic rings. The molecule has 24 heavy (non-hydrogen) atoms. The van der Waals surface area contributed by atoms with Crippen molar-refractivity contribution in [1.29, 1.82) is 0 Å². The largest absolute Gasteiger partial charge is 0.334 e. The second-order valence-corrected chi connectivity index (χ2v) is 6.15. The zero-order valence-electron chi connectivity index (χ0n) is 13.1. The van der Waals surface area contributed by atoms with Crippen LogP contribution in [-0.4, -0.2) is 29.6 Å². The number of nitrogen functional groups attached to an aromatic ring is 1. The van der Waals surface area contributed by atoms with Gasteiger partial charge in [-0.25, -0.2) is 9.36 Å². The van der Waals surface area contributed by atoms with Crippen molar-refractivity contribution in [3.8, 4) is 5.95 Å². The predicted molar refractivity (Wildman–Crippen MR) is 89.4 cm³/mol. The van der Waals surface area contributed by atoms with Gasteiger partial charge in [0.2, 0.25) is 5.16 Å². The normalized spacial score (nSPS) is 10.9. The van der Waals surface area contributed by atoms with E-state index in [0.29, 0.717) is 16.9 Å². The molecule has 0 atom stereocenters. The predicted octanol–water partition coefficient (Wildman–Crippen LogP) is 1.99. The highest BCUT2D eigenvalue weighted by Gasteiger charge is 2.15. The van der Waals surface area contributed by atoms with Crippen LogP contribution in [0.15, 0.2) is 35.5 Å². The molecular weight excluding hydrogens is 330 g/mol. The van der Waals surface area contributed by atoms with Crippen molar-refractivity contribution in [2.45, 2.75) is 24.8 Å². The minimum absolute atomic E-state index is 0.0608. The van der Waals surface area contributed by atoms with E-state index in [4.69, 9.17) is 5.84 Å². The number of nitrogens with zero attached hydrogens (tertiary/aromatic N) is 6. The van der Waals surface area contributed by atoms with Gasteiger partial charge in [0.25, 0.3) is 11.6 Å². The lowest BCUT2D eigenvalue weighted by Gasteiger charge is -2.05. The highest BCUT2D eigenvalue weighted by molar-refractivity contribution is 7.98. The van der Waals surface area contributed by atoms with E-state index in [2.05, 4.69) is 15.3 Å². The molecule has 2 aromatic heterocycles. The second-order valence-electron chi connectivity index (χ2n) is 5.21. The van der Waals surface area contributed by atoms with Crippen LogP contribution < -0.4 is 5.84 Å². The van der Waals surface area contributed by atoms with Crippen LogP contribution in [-0.2, 0) is 5.75 Å². The summed E-state index contributed by atoms with van der Waals surface area (Å²) >= 11 is 1.35. The van der Waals surface area contributed by atoms with Crippen molar-refractivity contribution in [2.75, 3.05) is 5.84 Å². The molecular formula is C14H15N7O2S. The Kier molecular flexibility index (Phi) is 4.21. The third-order valence-electron chi connectivity index (χ3n) is 3.33. The fraction of sp³-hybridized carbons (Fsp3) is 0.214. The summed E-state index contributed by atoms with van der Waals surface area (Å²) in [5, 5.41) is 23.8. The summed E-state index contributed by atoms with van der Waals surface area (Å²) in [4.78, 5) is 10.4.